The van der Waals surface area contributed by atoms with Gasteiger partial charge < -0.3 is 9.30 Å². The molecule has 8 heteroatoms. The van der Waals surface area contributed by atoms with E-state index in [1.807, 2.05) is 0 Å². The van der Waals surface area contributed by atoms with Gasteiger partial charge in [0.25, 0.3) is 10.0 Å². The van der Waals surface area contributed by atoms with Gasteiger partial charge in [-0.05, 0) is 26.7 Å². The molecule has 0 radical (unpaired) electrons. The molecular weight excluding hydrogens is 306 g/mol. The first-order valence-electron chi connectivity index (χ1n) is 7.31. The maximum absolute atomic E-state index is 12.6. The van der Waals surface area contributed by atoms with Crippen molar-refractivity contribution in [1.82, 2.24) is 14.3 Å². The zero-order valence-electron chi connectivity index (χ0n) is 13.4. The quantitative estimate of drug-likeness (QED) is 0.836. The average molecular weight is 329 g/mol. The number of methoxy groups -OCH3 is 1. The predicted molar refractivity (Wildman–Crippen MR) is 80.6 cm³/mol. The minimum absolute atomic E-state index is 0.0251. The zero-order chi connectivity index (χ0) is 16.5. The van der Waals surface area contributed by atoms with Gasteiger partial charge >= 0.3 is 5.97 Å². The van der Waals surface area contributed by atoms with Crippen LogP contribution in [0.4, 0.5) is 0 Å². The Kier molecular flexibility index (Phi) is 4.62. The molecule has 1 saturated carbocycles. The molecule has 2 rings (SSSR count). The van der Waals surface area contributed by atoms with E-state index < -0.39 is 21.5 Å². The summed E-state index contributed by atoms with van der Waals surface area (Å²) in [6.45, 7) is 3.50. The molecule has 0 aliphatic heterocycles. The van der Waals surface area contributed by atoms with Gasteiger partial charge in [-0.15, -0.1) is 0 Å². The number of aromatic nitrogens is 2. The van der Waals surface area contributed by atoms with E-state index in [0.29, 0.717) is 18.7 Å². The number of ether oxygens (including phenoxy) is 1. The van der Waals surface area contributed by atoms with E-state index in [0.717, 1.165) is 12.8 Å². The van der Waals surface area contributed by atoms with Crippen molar-refractivity contribution in [3.63, 3.8) is 0 Å². The SMILES string of the molecule is COC(=O)[C@H]1CCCC[C@@]1(C)NS(=O)(=O)c1cn(C)c(C)n1. The Bertz CT molecular complexity index is 648. The standard InChI is InChI=1S/C14H23N3O4S/c1-10-15-12(9-17(10)3)22(19,20)16-14(2)8-6-5-7-11(14)13(18)21-4/h9,11,16H,5-8H2,1-4H3/t11-,14-/m1/s1. The topological polar surface area (TPSA) is 90.3 Å². The van der Waals surface area contributed by atoms with Crippen LogP contribution in [0, 0.1) is 12.8 Å². The van der Waals surface area contributed by atoms with Crippen molar-refractivity contribution in [3.8, 4) is 0 Å². The van der Waals surface area contributed by atoms with Crippen LogP contribution in [0.5, 0.6) is 0 Å². The van der Waals surface area contributed by atoms with Gasteiger partial charge in [0.15, 0.2) is 5.03 Å². The van der Waals surface area contributed by atoms with E-state index >= 15 is 0 Å². The summed E-state index contributed by atoms with van der Waals surface area (Å²) in [6, 6.07) is 0. The van der Waals surface area contributed by atoms with Crippen LogP contribution in [0.3, 0.4) is 0 Å². The lowest BCUT2D eigenvalue weighted by Gasteiger charge is -2.39. The third kappa shape index (κ3) is 3.17. The molecule has 1 heterocycles. The second-order valence-corrected chi connectivity index (χ2v) is 7.71. The maximum Gasteiger partial charge on any atom is 0.310 e. The highest BCUT2D eigenvalue weighted by molar-refractivity contribution is 7.89. The number of carbonyl (C=O) groups is 1. The van der Waals surface area contributed by atoms with Gasteiger partial charge in [-0.2, -0.15) is 0 Å². The monoisotopic (exact) mass is 329 g/mol. The Morgan fingerprint density at radius 2 is 2.18 bits per heavy atom. The van der Waals surface area contributed by atoms with Crippen LogP contribution >= 0.6 is 0 Å². The summed E-state index contributed by atoms with van der Waals surface area (Å²) in [6.07, 6.45) is 4.44. The lowest BCUT2D eigenvalue weighted by Crippen LogP contribution is -2.55. The molecular formula is C14H23N3O4S. The minimum Gasteiger partial charge on any atom is -0.469 e. The van der Waals surface area contributed by atoms with Crippen LogP contribution < -0.4 is 4.72 Å². The molecule has 1 fully saturated rings. The molecule has 1 aliphatic rings. The van der Waals surface area contributed by atoms with Crippen molar-refractivity contribution in [2.75, 3.05) is 7.11 Å². The maximum atomic E-state index is 12.6. The van der Waals surface area contributed by atoms with E-state index in [1.165, 1.54) is 13.3 Å². The summed E-state index contributed by atoms with van der Waals surface area (Å²) in [5.74, 6) is -0.244. The molecule has 0 amide bonds. The smallest absolute Gasteiger partial charge is 0.310 e. The van der Waals surface area contributed by atoms with Gasteiger partial charge in [-0.25, -0.2) is 18.1 Å². The van der Waals surface area contributed by atoms with Crippen molar-refractivity contribution in [3.05, 3.63) is 12.0 Å². The second kappa shape index (κ2) is 6.00. The van der Waals surface area contributed by atoms with Crippen molar-refractivity contribution < 1.29 is 17.9 Å². The first-order valence-corrected chi connectivity index (χ1v) is 8.80. The fraction of sp³-hybridized carbons (Fsp3) is 0.714. The highest BCUT2D eigenvalue weighted by Gasteiger charge is 2.44. The normalized spacial score (nSPS) is 25.9. The summed E-state index contributed by atoms with van der Waals surface area (Å²) in [5, 5.41) is -0.0251. The molecule has 1 aliphatic carbocycles. The largest absolute Gasteiger partial charge is 0.469 e. The van der Waals surface area contributed by atoms with Gasteiger partial charge in [0.05, 0.1) is 13.0 Å². The van der Waals surface area contributed by atoms with Crippen molar-refractivity contribution in [2.45, 2.75) is 50.1 Å². The van der Waals surface area contributed by atoms with Crippen LogP contribution in [-0.4, -0.2) is 36.6 Å². The Morgan fingerprint density at radius 3 is 2.73 bits per heavy atom. The Morgan fingerprint density at radius 1 is 1.50 bits per heavy atom. The Balaban J connectivity index is 2.31. The summed E-state index contributed by atoms with van der Waals surface area (Å²) in [4.78, 5) is 16.1. The predicted octanol–water partition coefficient (Wildman–Crippen LogP) is 1.13. The van der Waals surface area contributed by atoms with Crippen molar-refractivity contribution in [2.24, 2.45) is 13.0 Å². The second-order valence-electron chi connectivity index (χ2n) is 6.08. The summed E-state index contributed by atoms with van der Waals surface area (Å²) >= 11 is 0. The van der Waals surface area contributed by atoms with Gasteiger partial charge in [0.1, 0.15) is 5.82 Å². The number of sulfonamides is 1. The first-order chi connectivity index (χ1) is 10.2. The molecule has 1 aromatic heterocycles. The van der Waals surface area contributed by atoms with Gasteiger partial charge in [0.2, 0.25) is 0 Å². The number of nitrogens with zero attached hydrogens (tertiary/aromatic N) is 2. The lowest BCUT2D eigenvalue weighted by molar-refractivity contribution is -0.149. The van der Waals surface area contributed by atoms with E-state index in [9.17, 15) is 13.2 Å². The minimum atomic E-state index is -3.78. The van der Waals surface area contributed by atoms with E-state index in [-0.39, 0.29) is 11.0 Å². The zero-order valence-corrected chi connectivity index (χ0v) is 14.2. The number of hydrogen-bond donors (Lipinski definition) is 1. The van der Waals surface area contributed by atoms with Gasteiger partial charge in [-0.1, -0.05) is 12.8 Å². The lowest BCUT2D eigenvalue weighted by atomic mass is 9.74. The fourth-order valence-corrected chi connectivity index (χ4v) is 4.50. The van der Waals surface area contributed by atoms with E-state index in [2.05, 4.69) is 9.71 Å². The molecule has 0 spiro atoms. The molecule has 0 bridgehead atoms. The van der Waals surface area contributed by atoms with Crippen molar-refractivity contribution in [1.29, 1.82) is 0 Å². The number of hydrogen-bond acceptors (Lipinski definition) is 5. The number of imidazole rings is 1. The first kappa shape index (κ1) is 17.0. The average Bonchev–Trinajstić information content (AvgIpc) is 2.78. The molecule has 0 saturated heterocycles. The Labute approximate surface area is 131 Å². The fourth-order valence-electron chi connectivity index (χ4n) is 2.99. The van der Waals surface area contributed by atoms with Crippen LogP contribution in [0.15, 0.2) is 11.2 Å². The van der Waals surface area contributed by atoms with E-state index in [1.54, 1.807) is 25.5 Å². The summed E-state index contributed by atoms with van der Waals surface area (Å²) < 4.78 is 34.3. The highest BCUT2D eigenvalue weighted by Crippen LogP contribution is 2.35. The molecule has 22 heavy (non-hydrogen) atoms. The van der Waals surface area contributed by atoms with Crippen LogP contribution in [0.25, 0.3) is 0 Å². The number of aryl methyl sites for hydroxylation is 2. The third-order valence-electron chi connectivity index (χ3n) is 4.42. The summed E-state index contributed by atoms with van der Waals surface area (Å²) in [5.41, 5.74) is -0.852. The summed E-state index contributed by atoms with van der Waals surface area (Å²) in [7, 11) is -0.720. The third-order valence-corrected chi connectivity index (χ3v) is 5.91. The van der Waals surface area contributed by atoms with E-state index in [4.69, 9.17) is 4.74 Å². The highest BCUT2D eigenvalue weighted by atomic mass is 32.2. The van der Waals surface area contributed by atoms with Crippen LogP contribution in [0.2, 0.25) is 0 Å². The van der Waals surface area contributed by atoms with Gasteiger partial charge in [0, 0.05) is 18.8 Å². The molecule has 7 nitrogen and oxygen atoms in total. The molecule has 1 aromatic rings. The Hall–Kier alpha value is -1.41. The van der Waals surface area contributed by atoms with Gasteiger partial charge in [-0.3, -0.25) is 4.79 Å². The number of carbonyl (C=O) groups excluding carboxylic acids is 1. The number of rotatable bonds is 4. The number of nitrogens with one attached hydrogen (secondary N) is 1. The molecule has 124 valence electrons. The molecule has 0 aromatic carbocycles. The number of esters is 1. The molecule has 1 N–H and O–H groups in total. The van der Waals surface area contributed by atoms with Crippen molar-refractivity contribution >= 4 is 16.0 Å². The molecule has 0 unspecified atom stereocenters. The van der Waals surface area contributed by atoms with Crippen LogP contribution in [-0.2, 0) is 26.6 Å². The van der Waals surface area contributed by atoms with Crippen LogP contribution in [0.1, 0.15) is 38.4 Å². The molecule has 2 atom stereocenters.